The number of hydrogen-bond acceptors (Lipinski definition) is 10. The molecular weight excluding hydrogens is 670 g/mol. The first-order valence-electron chi connectivity index (χ1n) is 16.7. The zero-order valence-electron chi connectivity index (χ0n) is 30.4. The van der Waals surface area contributed by atoms with Gasteiger partial charge in [-0.15, -0.1) is 0 Å². The van der Waals surface area contributed by atoms with Crippen LogP contribution >= 0.6 is 11.6 Å². The number of benzene rings is 1. The Hall–Kier alpha value is -3.65. The molecule has 50 heavy (non-hydrogen) atoms. The summed E-state index contributed by atoms with van der Waals surface area (Å²) >= 11 is 6.74. The highest BCUT2D eigenvalue weighted by Gasteiger charge is 2.64. The van der Waals surface area contributed by atoms with E-state index in [1.54, 1.807) is 66.0 Å². The van der Waals surface area contributed by atoms with Crippen molar-refractivity contribution in [3.63, 3.8) is 0 Å². The molecule has 3 aliphatic heterocycles. The van der Waals surface area contributed by atoms with Gasteiger partial charge in [0.25, 0.3) is 0 Å². The van der Waals surface area contributed by atoms with Crippen LogP contribution in [0.15, 0.2) is 35.9 Å². The zero-order chi connectivity index (χ0) is 37.3. The van der Waals surface area contributed by atoms with Crippen molar-refractivity contribution in [3.05, 3.63) is 46.5 Å². The Morgan fingerprint density at radius 2 is 1.88 bits per heavy atom. The van der Waals surface area contributed by atoms with Crippen LogP contribution in [-0.2, 0) is 39.8 Å². The molecule has 3 aliphatic rings. The Morgan fingerprint density at radius 1 is 1.20 bits per heavy atom. The number of aliphatic hydroxyl groups is 1. The smallest absolute Gasteiger partial charge is 0.409 e. The third-order valence-electron chi connectivity index (χ3n) is 9.97. The summed E-state index contributed by atoms with van der Waals surface area (Å²) < 4.78 is 29.1. The molecule has 1 aromatic carbocycles. The van der Waals surface area contributed by atoms with Crippen molar-refractivity contribution in [2.24, 2.45) is 11.8 Å². The number of nitrogens with one attached hydrogen (secondary N) is 1. The van der Waals surface area contributed by atoms with E-state index in [1.165, 1.54) is 31.1 Å². The van der Waals surface area contributed by atoms with Gasteiger partial charge < -0.3 is 38.6 Å². The van der Waals surface area contributed by atoms with Crippen LogP contribution in [0.5, 0.6) is 5.75 Å². The Labute approximate surface area is 298 Å². The monoisotopic (exact) mass is 719 g/mol. The van der Waals surface area contributed by atoms with Crippen molar-refractivity contribution < 1.29 is 48.0 Å². The summed E-state index contributed by atoms with van der Waals surface area (Å²) in [4.78, 5) is 55.8. The van der Waals surface area contributed by atoms with E-state index in [0.717, 1.165) is 11.1 Å². The van der Waals surface area contributed by atoms with Gasteiger partial charge in [0.2, 0.25) is 11.8 Å². The van der Waals surface area contributed by atoms with Crippen LogP contribution in [-0.4, -0.2) is 104 Å². The number of allylic oxidation sites excluding steroid dienone is 3. The van der Waals surface area contributed by atoms with Gasteiger partial charge in [0, 0.05) is 39.5 Å². The fraction of sp³-hybridized carbons (Fsp3) is 0.611. The number of nitrogens with zero attached hydrogens (tertiary/aromatic N) is 2. The van der Waals surface area contributed by atoms with Gasteiger partial charge in [0.15, 0.2) is 5.72 Å². The molecule has 2 fully saturated rings. The first-order valence-corrected chi connectivity index (χ1v) is 17.1. The maximum Gasteiger partial charge on any atom is 0.409 e. The average Bonchev–Trinajstić information content (AvgIpc) is 3.76. The Kier molecular flexibility index (Phi) is 12.0. The molecule has 2 saturated heterocycles. The number of esters is 1. The normalized spacial score (nSPS) is 32.5. The van der Waals surface area contributed by atoms with E-state index >= 15 is 0 Å². The molecule has 0 spiro atoms. The molecule has 8 atom stereocenters. The molecule has 14 heteroatoms. The molecule has 2 N–H and O–H groups in total. The molecule has 0 aliphatic carbocycles. The second-order valence-electron chi connectivity index (χ2n) is 14.0. The lowest BCUT2D eigenvalue weighted by atomic mass is 9.83. The number of carbonyl (C=O) groups excluding carboxylic acids is 4. The number of ether oxygens (including phenoxy) is 5. The molecule has 4 rings (SSSR count). The van der Waals surface area contributed by atoms with Crippen molar-refractivity contribution in [3.8, 4) is 5.75 Å². The van der Waals surface area contributed by atoms with E-state index < -0.39 is 65.7 Å². The van der Waals surface area contributed by atoms with Gasteiger partial charge in [0.05, 0.1) is 25.3 Å². The predicted molar refractivity (Wildman–Crippen MR) is 186 cm³/mol. The van der Waals surface area contributed by atoms with Crippen molar-refractivity contribution in [2.75, 3.05) is 33.2 Å². The summed E-state index contributed by atoms with van der Waals surface area (Å²) in [5, 5.41) is 14.4. The van der Waals surface area contributed by atoms with E-state index in [1.807, 2.05) is 13.0 Å². The van der Waals surface area contributed by atoms with Crippen molar-refractivity contribution in [1.29, 1.82) is 0 Å². The third kappa shape index (κ3) is 8.11. The Morgan fingerprint density at radius 3 is 2.50 bits per heavy atom. The summed E-state index contributed by atoms with van der Waals surface area (Å²) in [7, 11) is 6.02. The lowest BCUT2D eigenvalue weighted by Crippen LogP contribution is -2.63. The second-order valence-corrected chi connectivity index (χ2v) is 14.4. The van der Waals surface area contributed by atoms with Crippen molar-refractivity contribution in [1.82, 2.24) is 10.2 Å². The number of rotatable bonds is 6. The molecule has 0 unspecified atom stereocenters. The Balaban J connectivity index is 1.78. The van der Waals surface area contributed by atoms with E-state index in [0.29, 0.717) is 17.9 Å². The van der Waals surface area contributed by atoms with Gasteiger partial charge in [-0.1, -0.05) is 56.2 Å². The minimum atomic E-state index is -1.82. The fourth-order valence-corrected chi connectivity index (χ4v) is 6.91. The number of likely N-dealkylation sites (N-methyl/N-ethyl adjacent to an activating group) is 1. The van der Waals surface area contributed by atoms with E-state index in [-0.39, 0.29) is 29.7 Å². The van der Waals surface area contributed by atoms with Crippen LogP contribution < -0.4 is 15.0 Å². The molecule has 1 aromatic rings. The largest absolute Gasteiger partial charge is 0.495 e. The number of anilines is 1. The minimum Gasteiger partial charge on any atom is -0.495 e. The van der Waals surface area contributed by atoms with E-state index in [4.69, 9.17) is 35.3 Å². The van der Waals surface area contributed by atoms with Crippen LogP contribution in [0.3, 0.4) is 0 Å². The predicted octanol–water partition coefficient (Wildman–Crippen LogP) is 4.17. The summed E-state index contributed by atoms with van der Waals surface area (Å²) in [5.74, 6) is -1.88. The number of epoxide rings is 1. The van der Waals surface area contributed by atoms with Crippen LogP contribution in [0.2, 0.25) is 5.02 Å². The molecular formula is C36H50ClN3O10. The highest BCUT2D eigenvalue weighted by atomic mass is 35.5. The maximum absolute atomic E-state index is 14.1. The zero-order valence-corrected chi connectivity index (χ0v) is 31.2. The first kappa shape index (κ1) is 39.1. The summed E-state index contributed by atoms with van der Waals surface area (Å²) in [6, 6.07) is 2.63. The van der Waals surface area contributed by atoms with Crippen LogP contribution in [0, 0.1) is 11.8 Å². The molecule has 3 heterocycles. The molecule has 0 aromatic heterocycles. The quantitative estimate of drug-likeness (QED) is 0.323. The topological polar surface area (TPSA) is 156 Å². The molecule has 3 amide bonds. The number of amides is 3. The summed E-state index contributed by atoms with van der Waals surface area (Å²) in [5.41, 5.74) is -0.881. The van der Waals surface area contributed by atoms with Crippen molar-refractivity contribution in [2.45, 2.75) is 103 Å². The molecule has 0 saturated carbocycles. The maximum atomic E-state index is 14.1. The highest BCUT2D eigenvalue weighted by molar-refractivity contribution is 6.35. The average molecular weight is 720 g/mol. The Bertz CT molecular complexity index is 1550. The number of methoxy groups -OCH3 is 2. The van der Waals surface area contributed by atoms with Gasteiger partial charge in [-0.25, -0.2) is 9.59 Å². The second kappa shape index (κ2) is 15.3. The summed E-state index contributed by atoms with van der Waals surface area (Å²) in [6.07, 6.45) is 1.00. The highest BCUT2D eigenvalue weighted by Crippen LogP contribution is 2.49. The van der Waals surface area contributed by atoms with E-state index in [9.17, 15) is 24.3 Å². The van der Waals surface area contributed by atoms with Gasteiger partial charge >= 0.3 is 12.1 Å². The molecule has 276 valence electrons. The first-order chi connectivity index (χ1) is 23.4. The lowest BCUT2D eigenvalue weighted by molar-refractivity contribution is -0.162. The number of fused-ring (bicyclic) bond motifs is 5. The third-order valence-corrected chi connectivity index (χ3v) is 10.4. The SMILES string of the molecule is COc1cc2cc(c1Cl)N(C)C(=O)C[C@H](OC(=O)[C@H](C)N(C)C(=O)C(C)C)[C@@]1(C)O[C@H]1[C@H](C)[C@@H]1C[C@@](O)(NC(=O)O1)[C@H](OC)/C=C/C=C(/C)C2. The van der Waals surface area contributed by atoms with Gasteiger partial charge in [-0.05, 0) is 44.9 Å². The van der Waals surface area contributed by atoms with Gasteiger partial charge in [-0.2, -0.15) is 0 Å². The van der Waals surface area contributed by atoms with E-state index in [2.05, 4.69) is 5.32 Å². The van der Waals surface area contributed by atoms with Gasteiger partial charge in [0.1, 0.15) is 40.7 Å². The number of alkyl carbamates (subject to hydrolysis) is 1. The molecule has 13 nitrogen and oxygen atoms in total. The van der Waals surface area contributed by atoms with Crippen LogP contribution in [0.4, 0.5) is 10.5 Å². The molecule has 0 radical (unpaired) electrons. The van der Waals surface area contributed by atoms with Crippen LogP contribution in [0.1, 0.15) is 59.9 Å². The fourth-order valence-electron chi connectivity index (χ4n) is 6.60. The summed E-state index contributed by atoms with van der Waals surface area (Å²) in [6.45, 7) is 10.5. The van der Waals surface area contributed by atoms with Crippen molar-refractivity contribution >= 4 is 41.2 Å². The lowest BCUT2D eigenvalue weighted by Gasteiger charge is -2.42. The number of halogens is 1. The minimum absolute atomic E-state index is 0.0449. The van der Waals surface area contributed by atoms with Crippen LogP contribution in [0.25, 0.3) is 0 Å². The number of carbonyl (C=O) groups is 4. The van der Waals surface area contributed by atoms with Gasteiger partial charge in [-0.3, -0.25) is 14.9 Å². The number of hydrogen-bond donors (Lipinski definition) is 2. The standard InChI is InChI=1S/C36H50ClN3O10/c1-19(2)32(42)39(7)22(5)33(43)49-28-17-29(41)40(8)24-15-23(16-25(46-9)30(24)37)14-20(3)12-11-13-27(47-10)36(45)18-26(48-34(44)38-36)21(4)31-35(28,6)50-31/h11-13,15-16,19,21-22,26-28,31,45H,14,17-18H2,1-10H3,(H,38,44)/b13-11+,20-12-/t21-,22+,26+,27-,28+,31+,35-,36+/m1/s1. The molecule has 4 bridgehead atoms.